The van der Waals surface area contributed by atoms with Crippen LogP contribution in [0, 0.1) is 5.92 Å². The Labute approximate surface area is 137 Å². The number of hydrogen-bond donors (Lipinski definition) is 1. The maximum Gasteiger partial charge on any atom is 0.0352 e. The molecule has 0 radical (unpaired) electrons. The monoisotopic (exact) mass is 347 g/mol. The molecule has 0 heterocycles. The first-order chi connectivity index (χ1) is 10.2. The highest BCUT2D eigenvalue weighted by molar-refractivity contribution is 9.10. The molecule has 114 valence electrons. The summed E-state index contributed by atoms with van der Waals surface area (Å²) in [5, 5.41) is 6.24. The van der Waals surface area contributed by atoms with Gasteiger partial charge in [-0.1, -0.05) is 79.4 Å². The third-order valence-electron chi connectivity index (χ3n) is 4.47. The Morgan fingerprint density at radius 1 is 1.05 bits per heavy atom. The first kappa shape index (κ1) is 16.5. The van der Waals surface area contributed by atoms with Gasteiger partial charge in [0.05, 0.1) is 0 Å². The molecular formula is C19H26BrN. The predicted octanol–water partition coefficient (Wildman–Crippen LogP) is 6.08. The van der Waals surface area contributed by atoms with E-state index in [0.717, 1.165) is 0 Å². The fraction of sp³-hybridized carbons (Fsp3) is 0.474. The van der Waals surface area contributed by atoms with Gasteiger partial charge in [-0.2, -0.15) is 0 Å². The van der Waals surface area contributed by atoms with Crippen molar-refractivity contribution >= 4 is 26.7 Å². The SMILES string of the molecule is CCCCC(CC)C(NC)c1ccc(Br)c2ccccc12. The molecule has 0 fully saturated rings. The van der Waals surface area contributed by atoms with Crippen molar-refractivity contribution < 1.29 is 0 Å². The minimum absolute atomic E-state index is 0.430. The van der Waals surface area contributed by atoms with Crippen LogP contribution in [-0.2, 0) is 0 Å². The molecule has 2 aromatic carbocycles. The molecule has 0 aromatic heterocycles. The van der Waals surface area contributed by atoms with E-state index in [1.165, 1.54) is 46.5 Å². The van der Waals surface area contributed by atoms with Crippen LogP contribution in [0.3, 0.4) is 0 Å². The van der Waals surface area contributed by atoms with Gasteiger partial charge in [0.2, 0.25) is 0 Å². The van der Waals surface area contributed by atoms with Gasteiger partial charge in [0.25, 0.3) is 0 Å². The van der Waals surface area contributed by atoms with Crippen LogP contribution in [0.25, 0.3) is 10.8 Å². The van der Waals surface area contributed by atoms with Crippen LogP contribution in [0.1, 0.15) is 51.1 Å². The highest BCUT2D eigenvalue weighted by Crippen LogP contribution is 2.35. The van der Waals surface area contributed by atoms with Gasteiger partial charge in [-0.15, -0.1) is 0 Å². The number of unbranched alkanes of at least 4 members (excludes halogenated alkanes) is 1. The average Bonchev–Trinajstić information content (AvgIpc) is 2.53. The van der Waals surface area contributed by atoms with Crippen molar-refractivity contribution in [3.8, 4) is 0 Å². The van der Waals surface area contributed by atoms with Crippen LogP contribution in [0.4, 0.5) is 0 Å². The summed E-state index contributed by atoms with van der Waals surface area (Å²) in [6.45, 7) is 4.59. The minimum atomic E-state index is 0.430. The van der Waals surface area contributed by atoms with Gasteiger partial charge in [-0.25, -0.2) is 0 Å². The topological polar surface area (TPSA) is 12.0 Å². The zero-order chi connectivity index (χ0) is 15.2. The van der Waals surface area contributed by atoms with Gasteiger partial charge in [0.15, 0.2) is 0 Å². The number of rotatable bonds is 7. The molecule has 0 aliphatic rings. The molecule has 2 heteroatoms. The van der Waals surface area contributed by atoms with Gasteiger partial charge in [-0.05, 0) is 41.8 Å². The van der Waals surface area contributed by atoms with Gasteiger partial charge in [0.1, 0.15) is 0 Å². The van der Waals surface area contributed by atoms with Crippen LogP contribution in [-0.4, -0.2) is 7.05 Å². The second-order valence-electron chi connectivity index (χ2n) is 5.76. The van der Waals surface area contributed by atoms with Crippen molar-refractivity contribution in [2.45, 2.75) is 45.6 Å². The molecular weight excluding hydrogens is 322 g/mol. The number of hydrogen-bond acceptors (Lipinski definition) is 1. The van der Waals surface area contributed by atoms with E-state index in [-0.39, 0.29) is 0 Å². The summed E-state index contributed by atoms with van der Waals surface area (Å²) in [4.78, 5) is 0. The smallest absolute Gasteiger partial charge is 0.0352 e. The van der Waals surface area contributed by atoms with Gasteiger partial charge >= 0.3 is 0 Å². The van der Waals surface area contributed by atoms with E-state index in [0.29, 0.717) is 12.0 Å². The quantitative estimate of drug-likeness (QED) is 0.639. The molecule has 0 spiro atoms. The summed E-state index contributed by atoms with van der Waals surface area (Å²) >= 11 is 3.68. The normalized spacial score (nSPS) is 14.3. The molecule has 0 bridgehead atoms. The van der Waals surface area contributed by atoms with Crippen molar-refractivity contribution in [1.82, 2.24) is 5.32 Å². The zero-order valence-corrected chi connectivity index (χ0v) is 14.9. The van der Waals surface area contributed by atoms with Crippen molar-refractivity contribution in [3.63, 3.8) is 0 Å². The minimum Gasteiger partial charge on any atom is -0.313 e. The lowest BCUT2D eigenvalue weighted by Gasteiger charge is -2.28. The molecule has 2 rings (SSSR count). The molecule has 1 N–H and O–H groups in total. The average molecular weight is 348 g/mol. The maximum absolute atomic E-state index is 3.68. The Bertz CT molecular complexity index is 579. The molecule has 21 heavy (non-hydrogen) atoms. The molecule has 0 aliphatic heterocycles. The Balaban J connectivity index is 2.44. The Kier molecular flexibility index (Phi) is 6.25. The lowest BCUT2D eigenvalue weighted by molar-refractivity contribution is 0.340. The molecule has 2 aromatic rings. The van der Waals surface area contributed by atoms with Crippen molar-refractivity contribution in [1.29, 1.82) is 0 Å². The molecule has 0 amide bonds. The number of nitrogens with one attached hydrogen (secondary N) is 1. The summed E-state index contributed by atoms with van der Waals surface area (Å²) in [5.74, 6) is 0.694. The van der Waals surface area contributed by atoms with E-state index in [1.807, 2.05) is 0 Å². The summed E-state index contributed by atoms with van der Waals surface area (Å²) in [7, 11) is 2.09. The highest BCUT2D eigenvalue weighted by atomic mass is 79.9. The molecule has 0 aliphatic carbocycles. The standard InChI is InChI=1S/C19H26BrN/c1-4-6-9-14(5-2)19(21-3)17-12-13-18(20)16-11-8-7-10-15(16)17/h7-8,10-14,19,21H,4-6,9H2,1-3H3. The van der Waals surface area contributed by atoms with E-state index >= 15 is 0 Å². The molecule has 2 atom stereocenters. The summed E-state index contributed by atoms with van der Waals surface area (Å²) < 4.78 is 1.18. The van der Waals surface area contributed by atoms with E-state index in [2.05, 4.69) is 78.5 Å². The van der Waals surface area contributed by atoms with Crippen LogP contribution in [0.2, 0.25) is 0 Å². The number of benzene rings is 2. The Morgan fingerprint density at radius 3 is 2.38 bits per heavy atom. The second kappa shape index (κ2) is 7.95. The van der Waals surface area contributed by atoms with Crippen molar-refractivity contribution in [3.05, 3.63) is 46.4 Å². The van der Waals surface area contributed by atoms with Crippen LogP contribution in [0.15, 0.2) is 40.9 Å². The number of halogens is 1. The lowest BCUT2D eigenvalue weighted by atomic mass is 9.85. The van der Waals surface area contributed by atoms with E-state index < -0.39 is 0 Å². The molecule has 0 saturated carbocycles. The van der Waals surface area contributed by atoms with Gasteiger partial charge in [0, 0.05) is 10.5 Å². The van der Waals surface area contributed by atoms with Gasteiger partial charge in [-0.3, -0.25) is 0 Å². The summed E-state index contributed by atoms with van der Waals surface area (Å²) in [6, 6.07) is 13.6. The largest absolute Gasteiger partial charge is 0.313 e. The Morgan fingerprint density at radius 2 is 1.76 bits per heavy atom. The third-order valence-corrected chi connectivity index (χ3v) is 5.17. The number of fused-ring (bicyclic) bond motifs is 1. The molecule has 0 saturated heterocycles. The van der Waals surface area contributed by atoms with Crippen LogP contribution >= 0.6 is 15.9 Å². The first-order valence-electron chi connectivity index (χ1n) is 8.07. The fourth-order valence-corrected chi connectivity index (χ4v) is 3.75. The summed E-state index contributed by atoms with van der Waals surface area (Å²) in [5.41, 5.74) is 1.43. The third kappa shape index (κ3) is 3.67. The molecule has 2 unspecified atom stereocenters. The molecule has 1 nitrogen and oxygen atoms in total. The van der Waals surface area contributed by atoms with Crippen LogP contribution in [0.5, 0.6) is 0 Å². The van der Waals surface area contributed by atoms with Crippen molar-refractivity contribution in [2.24, 2.45) is 5.92 Å². The van der Waals surface area contributed by atoms with Crippen LogP contribution < -0.4 is 5.32 Å². The van der Waals surface area contributed by atoms with Crippen molar-refractivity contribution in [2.75, 3.05) is 7.05 Å². The van der Waals surface area contributed by atoms with Gasteiger partial charge < -0.3 is 5.32 Å². The second-order valence-corrected chi connectivity index (χ2v) is 6.61. The highest BCUT2D eigenvalue weighted by Gasteiger charge is 2.21. The first-order valence-corrected chi connectivity index (χ1v) is 8.86. The Hall–Kier alpha value is -0.860. The van der Waals surface area contributed by atoms with E-state index in [9.17, 15) is 0 Å². The fourth-order valence-electron chi connectivity index (χ4n) is 3.27. The zero-order valence-electron chi connectivity index (χ0n) is 13.3. The van der Waals surface area contributed by atoms with E-state index in [4.69, 9.17) is 0 Å². The maximum atomic E-state index is 3.68. The lowest BCUT2D eigenvalue weighted by Crippen LogP contribution is -2.25. The van der Waals surface area contributed by atoms with E-state index in [1.54, 1.807) is 0 Å². The predicted molar refractivity (Wildman–Crippen MR) is 96.8 cm³/mol. The summed E-state index contributed by atoms with van der Waals surface area (Å²) in [6.07, 6.45) is 5.10.